The molecule has 2 heterocycles. The molecule has 12 heteroatoms. The van der Waals surface area contributed by atoms with Crippen molar-refractivity contribution in [3.05, 3.63) is 42.8 Å². The first kappa shape index (κ1) is 21.4. The van der Waals surface area contributed by atoms with E-state index in [9.17, 15) is 35.9 Å². The molecule has 0 unspecified atom stereocenters. The van der Waals surface area contributed by atoms with Gasteiger partial charge in [-0.2, -0.15) is 26.3 Å². The van der Waals surface area contributed by atoms with Gasteiger partial charge in [-0.3, -0.25) is 0 Å². The molecule has 2 aromatic heterocycles. The van der Waals surface area contributed by atoms with Crippen LogP contribution in [0.2, 0.25) is 0 Å². The maximum Gasteiger partial charge on any atom is 0.380 e. The van der Waals surface area contributed by atoms with E-state index in [1.54, 1.807) is 0 Å². The van der Waals surface area contributed by atoms with Gasteiger partial charge in [0, 0.05) is 9.75 Å². The summed E-state index contributed by atoms with van der Waals surface area (Å²) in [6.07, 6.45) is 0. The van der Waals surface area contributed by atoms with Crippen LogP contribution in [-0.2, 0) is 0 Å². The van der Waals surface area contributed by atoms with E-state index in [1.165, 1.54) is 0 Å². The maximum atomic E-state index is 14.7. The molecule has 1 aliphatic carbocycles. The Morgan fingerprint density at radius 2 is 1.07 bits per heavy atom. The fourth-order valence-electron chi connectivity index (χ4n) is 3.01. The zero-order chi connectivity index (χ0) is 22.1. The normalized spacial score (nSPS) is 19.6. The molecule has 0 aromatic carbocycles. The van der Waals surface area contributed by atoms with Crippen molar-refractivity contribution in [3.63, 3.8) is 0 Å². The molecular weight excluding hydrogens is 446 g/mol. The Kier molecular flexibility index (Phi) is 4.66. The fraction of sp³-hybridized carbons (Fsp3) is 0.294. The lowest BCUT2D eigenvalue weighted by atomic mass is 10.0. The minimum absolute atomic E-state index is 0.170. The third kappa shape index (κ3) is 2.80. The quantitative estimate of drug-likeness (QED) is 0.583. The second-order valence-electron chi connectivity index (χ2n) is 6.33. The number of alkyl halides is 6. The van der Waals surface area contributed by atoms with Crippen LogP contribution in [0.25, 0.3) is 11.1 Å². The van der Waals surface area contributed by atoms with Crippen molar-refractivity contribution in [1.29, 1.82) is 0 Å². The molecule has 0 saturated heterocycles. The Morgan fingerprint density at radius 1 is 0.759 bits per heavy atom. The molecule has 0 bridgehead atoms. The van der Waals surface area contributed by atoms with Crippen molar-refractivity contribution >= 4 is 45.8 Å². The molecule has 29 heavy (non-hydrogen) atoms. The molecule has 2 N–H and O–H groups in total. The number of hydrogen-bond donors (Lipinski definition) is 2. The molecule has 156 valence electrons. The number of carboxylic acids is 2. The highest BCUT2D eigenvalue weighted by Crippen LogP contribution is 2.66. The SMILES string of the molecule is Cc1cc(C(=O)O)sc1C1=C(c2sc(C(=O)O)cc2C)C(F)(F)C(F)(F)C1(F)F. The Labute approximate surface area is 166 Å². The van der Waals surface area contributed by atoms with Crippen LogP contribution in [0.3, 0.4) is 0 Å². The molecule has 2 aromatic rings. The molecule has 0 saturated carbocycles. The van der Waals surface area contributed by atoms with E-state index in [0.29, 0.717) is 0 Å². The van der Waals surface area contributed by atoms with Crippen LogP contribution in [0.5, 0.6) is 0 Å². The first-order valence-electron chi connectivity index (χ1n) is 7.71. The predicted molar refractivity (Wildman–Crippen MR) is 93.7 cm³/mol. The minimum atomic E-state index is -5.80. The van der Waals surface area contributed by atoms with Crippen molar-refractivity contribution in [3.8, 4) is 0 Å². The van der Waals surface area contributed by atoms with Crippen molar-refractivity contribution < 1.29 is 46.1 Å². The lowest BCUT2D eigenvalue weighted by Crippen LogP contribution is -2.48. The van der Waals surface area contributed by atoms with E-state index in [1.807, 2.05) is 0 Å². The van der Waals surface area contributed by atoms with E-state index in [4.69, 9.17) is 10.2 Å². The van der Waals surface area contributed by atoms with Gasteiger partial charge in [-0.15, -0.1) is 22.7 Å². The van der Waals surface area contributed by atoms with Crippen LogP contribution in [0.4, 0.5) is 26.3 Å². The number of hydrogen-bond acceptors (Lipinski definition) is 4. The number of carbonyl (C=O) groups is 2. The first-order chi connectivity index (χ1) is 13.1. The van der Waals surface area contributed by atoms with E-state index < -0.39 is 60.4 Å². The van der Waals surface area contributed by atoms with Gasteiger partial charge in [0.15, 0.2) is 0 Å². The number of aromatic carboxylic acids is 2. The van der Waals surface area contributed by atoms with Gasteiger partial charge >= 0.3 is 29.7 Å². The minimum Gasteiger partial charge on any atom is -0.477 e. The summed E-state index contributed by atoms with van der Waals surface area (Å²) in [5.41, 5.74) is -3.77. The molecule has 0 atom stereocenters. The van der Waals surface area contributed by atoms with Crippen molar-refractivity contribution in [2.45, 2.75) is 31.6 Å². The standard InChI is InChI=1S/C17H10F6O4S2/c1-5-3-7(13(24)25)28-11(5)9-10(12-6(2)4-8(29-12)14(26)27)16(20,21)17(22,23)15(9,18)19/h3-4H,1-2H3,(H,24,25)(H,26,27). The maximum absolute atomic E-state index is 14.7. The highest BCUT2D eigenvalue weighted by Gasteiger charge is 2.80. The lowest BCUT2D eigenvalue weighted by molar-refractivity contribution is -0.254. The summed E-state index contributed by atoms with van der Waals surface area (Å²) in [5.74, 6) is -19.5. The highest BCUT2D eigenvalue weighted by molar-refractivity contribution is 7.16. The second kappa shape index (κ2) is 6.33. The molecule has 3 rings (SSSR count). The zero-order valence-electron chi connectivity index (χ0n) is 14.4. The number of allylic oxidation sites excluding steroid dienone is 2. The Balaban J connectivity index is 2.45. The predicted octanol–water partition coefficient (Wildman–Crippen LogP) is 5.65. The average Bonchev–Trinajstić information content (AvgIpc) is 3.17. The topological polar surface area (TPSA) is 74.6 Å². The monoisotopic (exact) mass is 456 g/mol. The molecule has 0 aliphatic heterocycles. The van der Waals surface area contributed by atoms with Crippen LogP contribution in [0.1, 0.15) is 40.2 Å². The molecule has 4 nitrogen and oxygen atoms in total. The number of aryl methyl sites for hydroxylation is 2. The lowest BCUT2D eigenvalue weighted by Gasteiger charge is -2.25. The Bertz CT molecular complexity index is 998. The molecule has 0 radical (unpaired) electrons. The summed E-state index contributed by atoms with van der Waals surface area (Å²) in [6.45, 7) is 2.27. The van der Waals surface area contributed by atoms with Crippen LogP contribution in [-0.4, -0.2) is 39.9 Å². The summed E-state index contributed by atoms with van der Waals surface area (Å²) in [4.78, 5) is 19.8. The summed E-state index contributed by atoms with van der Waals surface area (Å²) >= 11 is 0.340. The second-order valence-corrected chi connectivity index (χ2v) is 8.43. The van der Waals surface area contributed by atoms with E-state index >= 15 is 0 Å². The van der Waals surface area contributed by atoms with Crippen LogP contribution < -0.4 is 0 Å². The van der Waals surface area contributed by atoms with Gasteiger partial charge in [0.1, 0.15) is 9.75 Å². The molecule has 0 fully saturated rings. The summed E-state index contributed by atoms with van der Waals surface area (Å²) in [7, 11) is 0. The van der Waals surface area contributed by atoms with Crippen molar-refractivity contribution in [1.82, 2.24) is 0 Å². The van der Waals surface area contributed by atoms with Gasteiger partial charge in [0.2, 0.25) is 0 Å². The van der Waals surface area contributed by atoms with Crippen molar-refractivity contribution in [2.75, 3.05) is 0 Å². The largest absolute Gasteiger partial charge is 0.477 e. The van der Waals surface area contributed by atoms with Gasteiger partial charge in [-0.25, -0.2) is 9.59 Å². The third-order valence-electron chi connectivity index (χ3n) is 4.38. The summed E-state index contributed by atoms with van der Waals surface area (Å²) < 4.78 is 87.0. The zero-order valence-corrected chi connectivity index (χ0v) is 16.1. The van der Waals surface area contributed by atoms with E-state index in [2.05, 4.69) is 0 Å². The Hall–Kier alpha value is -2.34. The summed E-state index contributed by atoms with van der Waals surface area (Å²) in [6, 6.07) is 1.84. The molecule has 0 spiro atoms. The van der Waals surface area contributed by atoms with Gasteiger partial charge in [-0.05, 0) is 37.1 Å². The number of carboxylic acid groups (broad SMARTS) is 2. The highest BCUT2D eigenvalue weighted by atomic mass is 32.1. The molecule has 1 aliphatic rings. The number of thiophene rings is 2. The van der Waals surface area contributed by atoms with Crippen LogP contribution >= 0.6 is 22.7 Å². The molecular formula is C17H10F6O4S2. The Morgan fingerprint density at radius 3 is 1.31 bits per heavy atom. The van der Waals surface area contributed by atoms with Gasteiger partial charge in [0.25, 0.3) is 0 Å². The average molecular weight is 456 g/mol. The van der Waals surface area contributed by atoms with E-state index in [0.717, 1.165) is 26.0 Å². The van der Waals surface area contributed by atoms with Crippen LogP contribution in [0.15, 0.2) is 12.1 Å². The van der Waals surface area contributed by atoms with Gasteiger partial charge in [-0.1, -0.05) is 0 Å². The first-order valence-corrected chi connectivity index (χ1v) is 9.34. The van der Waals surface area contributed by atoms with Crippen LogP contribution in [0, 0.1) is 13.8 Å². The molecule has 0 amide bonds. The van der Waals surface area contributed by atoms with E-state index in [-0.39, 0.29) is 33.8 Å². The third-order valence-corrected chi connectivity index (χ3v) is 6.86. The number of halogens is 6. The fourth-order valence-corrected chi connectivity index (χ4v) is 5.20. The number of rotatable bonds is 4. The summed E-state index contributed by atoms with van der Waals surface area (Å²) in [5, 5.41) is 18.1. The smallest absolute Gasteiger partial charge is 0.380 e. The van der Waals surface area contributed by atoms with Gasteiger partial charge in [0.05, 0.1) is 11.1 Å². The van der Waals surface area contributed by atoms with Crippen molar-refractivity contribution in [2.24, 2.45) is 0 Å². The van der Waals surface area contributed by atoms with Gasteiger partial charge < -0.3 is 10.2 Å².